The Morgan fingerprint density at radius 2 is 1.79 bits per heavy atom. The smallest absolute Gasteiger partial charge is 0.352 e. The molecule has 0 spiro atoms. The minimum absolute atomic E-state index is 0.0896. The standard InChI is InChI=1S/C17H14ClF4NO/c18-15-4-2-1-3-11(15)6-8-16(24)23-10-12-5-7-13(19)9-14(12)17(20,21)22/h1-5,7,9H,6,8,10H2,(H,23,24). The maximum Gasteiger partial charge on any atom is 0.416 e. The average Bonchev–Trinajstić information content (AvgIpc) is 2.52. The van der Waals surface area contributed by atoms with E-state index in [1.54, 1.807) is 24.3 Å². The van der Waals surface area contributed by atoms with Gasteiger partial charge in [-0.25, -0.2) is 4.39 Å². The summed E-state index contributed by atoms with van der Waals surface area (Å²) in [4.78, 5) is 11.8. The molecule has 2 nitrogen and oxygen atoms in total. The van der Waals surface area contributed by atoms with Gasteiger partial charge < -0.3 is 5.32 Å². The molecule has 0 aromatic heterocycles. The molecule has 128 valence electrons. The lowest BCUT2D eigenvalue weighted by Crippen LogP contribution is -2.24. The van der Waals surface area contributed by atoms with Gasteiger partial charge in [0, 0.05) is 18.0 Å². The number of rotatable bonds is 5. The number of aryl methyl sites for hydroxylation is 1. The Hall–Kier alpha value is -2.08. The molecule has 0 heterocycles. The Kier molecular flexibility index (Phi) is 5.83. The number of hydrogen-bond acceptors (Lipinski definition) is 1. The van der Waals surface area contributed by atoms with Crippen molar-refractivity contribution >= 4 is 17.5 Å². The summed E-state index contributed by atoms with van der Waals surface area (Å²) < 4.78 is 51.6. The molecule has 0 aliphatic heterocycles. The molecular formula is C17H14ClF4NO. The Labute approximate surface area is 141 Å². The molecule has 0 radical (unpaired) electrons. The van der Waals surface area contributed by atoms with Crippen LogP contribution in [0.25, 0.3) is 0 Å². The van der Waals surface area contributed by atoms with Gasteiger partial charge in [0.25, 0.3) is 0 Å². The SMILES string of the molecule is O=C(CCc1ccccc1Cl)NCc1ccc(F)cc1C(F)(F)F. The minimum atomic E-state index is -4.68. The molecule has 0 aliphatic rings. The van der Waals surface area contributed by atoms with E-state index in [2.05, 4.69) is 5.32 Å². The van der Waals surface area contributed by atoms with Gasteiger partial charge in [-0.3, -0.25) is 4.79 Å². The molecule has 0 fully saturated rings. The van der Waals surface area contributed by atoms with Crippen LogP contribution < -0.4 is 5.32 Å². The van der Waals surface area contributed by atoms with Crippen LogP contribution in [0.5, 0.6) is 0 Å². The minimum Gasteiger partial charge on any atom is -0.352 e. The normalized spacial score (nSPS) is 11.4. The maximum absolute atomic E-state index is 13.0. The van der Waals surface area contributed by atoms with E-state index in [4.69, 9.17) is 11.6 Å². The highest BCUT2D eigenvalue weighted by atomic mass is 35.5. The molecular weight excluding hydrogens is 346 g/mol. The van der Waals surface area contributed by atoms with Gasteiger partial charge in [0.2, 0.25) is 5.91 Å². The molecule has 7 heteroatoms. The lowest BCUT2D eigenvalue weighted by molar-refractivity contribution is -0.138. The molecule has 2 aromatic rings. The first-order chi connectivity index (χ1) is 11.3. The summed E-state index contributed by atoms with van der Waals surface area (Å²) in [5.74, 6) is -1.39. The molecule has 0 unspecified atom stereocenters. The summed E-state index contributed by atoms with van der Waals surface area (Å²) in [5, 5.41) is 2.95. The average molecular weight is 360 g/mol. The van der Waals surface area contributed by atoms with Crippen LogP contribution in [0.3, 0.4) is 0 Å². The zero-order valence-electron chi connectivity index (χ0n) is 12.5. The highest BCUT2D eigenvalue weighted by molar-refractivity contribution is 6.31. The molecule has 0 aliphatic carbocycles. The molecule has 1 amide bonds. The Bertz CT molecular complexity index is 731. The Balaban J connectivity index is 1.96. The number of alkyl halides is 3. The topological polar surface area (TPSA) is 29.1 Å². The first kappa shape index (κ1) is 18.3. The lowest BCUT2D eigenvalue weighted by atomic mass is 10.1. The van der Waals surface area contributed by atoms with Gasteiger partial charge in [-0.1, -0.05) is 35.9 Å². The van der Waals surface area contributed by atoms with Crippen molar-refractivity contribution in [1.82, 2.24) is 5.32 Å². The lowest BCUT2D eigenvalue weighted by Gasteiger charge is -2.13. The molecule has 1 N–H and O–H groups in total. The first-order valence-electron chi connectivity index (χ1n) is 7.13. The Morgan fingerprint density at radius 3 is 2.46 bits per heavy atom. The fraction of sp³-hybridized carbons (Fsp3) is 0.235. The predicted molar refractivity (Wildman–Crippen MR) is 83.0 cm³/mol. The van der Waals surface area contributed by atoms with Crippen LogP contribution in [0.15, 0.2) is 42.5 Å². The van der Waals surface area contributed by atoms with E-state index in [0.29, 0.717) is 17.5 Å². The quantitative estimate of drug-likeness (QED) is 0.767. The van der Waals surface area contributed by atoms with Gasteiger partial charge in [0.15, 0.2) is 0 Å². The zero-order chi connectivity index (χ0) is 17.7. The second-order valence-corrected chi connectivity index (χ2v) is 5.57. The number of nitrogens with one attached hydrogen (secondary N) is 1. The van der Waals surface area contributed by atoms with Crippen molar-refractivity contribution in [3.05, 3.63) is 70.0 Å². The van der Waals surface area contributed by atoms with Crippen LogP contribution in [0.1, 0.15) is 23.1 Å². The van der Waals surface area contributed by atoms with Crippen LogP contribution in [0, 0.1) is 5.82 Å². The van der Waals surface area contributed by atoms with Gasteiger partial charge >= 0.3 is 6.18 Å². The zero-order valence-corrected chi connectivity index (χ0v) is 13.2. The Morgan fingerprint density at radius 1 is 1.08 bits per heavy atom. The third-order valence-corrected chi connectivity index (χ3v) is 3.80. The summed E-state index contributed by atoms with van der Waals surface area (Å²) in [6, 6.07) is 9.39. The molecule has 0 atom stereocenters. The fourth-order valence-corrected chi connectivity index (χ4v) is 2.43. The second kappa shape index (κ2) is 7.66. The van der Waals surface area contributed by atoms with E-state index in [1.807, 2.05) is 0 Å². The number of carbonyl (C=O) groups is 1. The molecule has 0 saturated carbocycles. The second-order valence-electron chi connectivity index (χ2n) is 5.17. The van der Waals surface area contributed by atoms with E-state index in [9.17, 15) is 22.4 Å². The third kappa shape index (κ3) is 4.96. The van der Waals surface area contributed by atoms with Crippen LogP contribution in [0.4, 0.5) is 17.6 Å². The summed E-state index contributed by atoms with van der Waals surface area (Å²) in [5.41, 5.74) is -0.490. The summed E-state index contributed by atoms with van der Waals surface area (Å²) in [6.45, 7) is -0.323. The first-order valence-corrected chi connectivity index (χ1v) is 7.51. The van der Waals surface area contributed by atoms with Crippen LogP contribution in [-0.4, -0.2) is 5.91 Å². The van der Waals surface area contributed by atoms with Gasteiger partial charge in [-0.15, -0.1) is 0 Å². The van der Waals surface area contributed by atoms with Crippen molar-refractivity contribution < 1.29 is 22.4 Å². The number of benzene rings is 2. The van der Waals surface area contributed by atoms with Crippen LogP contribution in [-0.2, 0) is 23.9 Å². The van der Waals surface area contributed by atoms with Gasteiger partial charge in [-0.2, -0.15) is 13.2 Å². The van der Waals surface area contributed by atoms with E-state index in [1.165, 1.54) is 0 Å². The van der Waals surface area contributed by atoms with E-state index < -0.39 is 23.5 Å². The number of amides is 1. The van der Waals surface area contributed by atoms with Crippen molar-refractivity contribution in [2.75, 3.05) is 0 Å². The van der Waals surface area contributed by atoms with Crippen molar-refractivity contribution in [2.45, 2.75) is 25.6 Å². The number of carbonyl (C=O) groups excluding carboxylic acids is 1. The van der Waals surface area contributed by atoms with E-state index in [-0.39, 0.29) is 18.5 Å². The highest BCUT2D eigenvalue weighted by Gasteiger charge is 2.33. The van der Waals surface area contributed by atoms with Crippen molar-refractivity contribution in [3.8, 4) is 0 Å². The van der Waals surface area contributed by atoms with Crippen molar-refractivity contribution in [3.63, 3.8) is 0 Å². The number of hydrogen-bond donors (Lipinski definition) is 1. The van der Waals surface area contributed by atoms with Gasteiger partial charge in [0.1, 0.15) is 5.82 Å². The monoisotopic (exact) mass is 359 g/mol. The van der Waals surface area contributed by atoms with Gasteiger partial charge in [-0.05, 0) is 35.7 Å². The summed E-state index contributed by atoms with van der Waals surface area (Å²) in [6.07, 6.45) is -4.22. The van der Waals surface area contributed by atoms with Crippen molar-refractivity contribution in [2.24, 2.45) is 0 Å². The third-order valence-electron chi connectivity index (χ3n) is 3.43. The van der Waals surface area contributed by atoms with Crippen LogP contribution in [0.2, 0.25) is 5.02 Å². The molecule has 0 bridgehead atoms. The van der Waals surface area contributed by atoms with Crippen LogP contribution >= 0.6 is 11.6 Å². The highest BCUT2D eigenvalue weighted by Crippen LogP contribution is 2.32. The van der Waals surface area contributed by atoms with Gasteiger partial charge in [0.05, 0.1) is 5.56 Å². The maximum atomic E-state index is 13.0. The molecule has 0 saturated heterocycles. The largest absolute Gasteiger partial charge is 0.416 e. The molecule has 24 heavy (non-hydrogen) atoms. The predicted octanol–water partition coefficient (Wildman–Crippen LogP) is 4.75. The fourth-order valence-electron chi connectivity index (χ4n) is 2.20. The molecule has 2 aromatic carbocycles. The van der Waals surface area contributed by atoms with E-state index >= 15 is 0 Å². The summed E-state index contributed by atoms with van der Waals surface area (Å²) in [7, 11) is 0. The van der Waals surface area contributed by atoms with E-state index in [0.717, 1.165) is 17.7 Å². The number of halogens is 5. The molecule has 2 rings (SSSR count). The van der Waals surface area contributed by atoms with Crippen molar-refractivity contribution in [1.29, 1.82) is 0 Å². The summed E-state index contributed by atoms with van der Waals surface area (Å²) >= 11 is 5.97.